The van der Waals surface area contributed by atoms with Gasteiger partial charge >= 0.3 is 5.97 Å². The number of phenolic OH excluding ortho intramolecular Hbond substituents is 1. The standard InChI is InChI=1S/C14H10Cl2O4/c1-7-11(15)6-10(14(18)19)13(12(7)16)20-9-4-2-8(17)3-5-9/h2-6,17H,1H3,(H,18,19). The molecule has 2 N–H and O–H groups in total. The second kappa shape index (κ2) is 5.61. The van der Waals surface area contributed by atoms with E-state index in [-0.39, 0.29) is 27.1 Å². The number of phenols is 1. The van der Waals surface area contributed by atoms with Crippen molar-refractivity contribution in [2.24, 2.45) is 0 Å². The number of hydrogen-bond donors (Lipinski definition) is 2. The third-order valence-corrected chi connectivity index (χ3v) is 3.54. The molecular formula is C14H10Cl2O4. The van der Waals surface area contributed by atoms with E-state index in [1.54, 1.807) is 6.92 Å². The van der Waals surface area contributed by atoms with E-state index in [0.717, 1.165) is 0 Å². The van der Waals surface area contributed by atoms with Crippen LogP contribution in [0.4, 0.5) is 0 Å². The maximum Gasteiger partial charge on any atom is 0.339 e. The molecular weight excluding hydrogens is 303 g/mol. The monoisotopic (exact) mass is 312 g/mol. The summed E-state index contributed by atoms with van der Waals surface area (Å²) >= 11 is 12.0. The van der Waals surface area contributed by atoms with Crippen LogP contribution in [0.3, 0.4) is 0 Å². The average Bonchev–Trinajstić information content (AvgIpc) is 2.41. The zero-order valence-corrected chi connectivity index (χ0v) is 11.9. The summed E-state index contributed by atoms with van der Waals surface area (Å²) in [6, 6.07) is 7.14. The SMILES string of the molecule is Cc1c(Cl)cc(C(=O)O)c(Oc2ccc(O)cc2)c1Cl. The van der Waals surface area contributed by atoms with Gasteiger partial charge in [-0.3, -0.25) is 0 Å². The molecule has 0 unspecified atom stereocenters. The minimum atomic E-state index is -1.19. The van der Waals surface area contributed by atoms with E-state index >= 15 is 0 Å². The van der Waals surface area contributed by atoms with Crippen LogP contribution in [0.25, 0.3) is 0 Å². The molecule has 0 aromatic heterocycles. The molecule has 2 aromatic carbocycles. The van der Waals surface area contributed by atoms with Gasteiger partial charge in [-0.05, 0) is 42.8 Å². The zero-order valence-electron chi connectivity index (χ0n) is 10.4. The highest BCUT2D eigenvalue weighted by molar-refractivity contribution is 6.37. The van der Waals surface area contributed by atoms with Crippen molar-refractivity contribution in [1.82, 2.24) is 0 Å². The molecule has 6 heteroatoms. The number of ether oxygens (including phenoxy) is 1. The summed E-state index contributed by atoms with van der Waals surface area (Å²) < 4.78 is 5.51. The van der Waals surface area contributed by atoms with Gasteiger partial charge in [0.1, 0.15) is 17.1 Å². The molecule has 2 aromatic rings. The molecule has 0 aliphatic rings. The van der Waals surface area contributed by atoms with Gasteiger partial charge in [-0.25, -0.2) is 4.79 Å². The van der Waals surface area contributed by atoms with Crippen molar-refractivity contribution in [1.29, 1.82) is 0 Å². The molecule has 0 radical (unpaired) electrons. The van der Waals surface area contributed by atoms with Crippen molar-refractivity contribution >= 4 is 29.2 Å². The van der Waals surface area contributed by atoms with Crippen LogP contribution in [-0.2, 0) is 0 Å². The van der Waals surface area contributed by atoms with E-state index in [9.17, 15) is 15.0 Å². The molecule has 0 aliphatic carbocycles. The lowest BCUT2D eigenvalue weighted by atomic mass is 10.1. The largest absolute Gasteiger partial charge is 0.508 e. The van der Waals surface area contributed by atoms with Gasteiger partial charge in [0, 0.05) is 5.02 Å². The van der Waals surface area contributed by atoms with Crippen LogP contribution in [0.1, 0.15) is 15.9 Å². The third-order valence-electron chi connectivity index (χ3n) is 2.69. The molecule has 104 valence electrons. The van der Waals surface area contributed by atoms with Crippen LogP contribution in [0.15, 0.2) is 30.3 Å². The van der Waals surface area contributed by atoms with Gasteiger partial charge in [-0.15, -0.1) is 0 Å². The fourth-order valence-corrected chi connectivity index (χ4v) is 2.08. The highest BCUT2D eigenvalue weighted by atomic mass is 35.5. The number of benzene rings is 2. The van der Waals surface area contributed by atoms with Crippen molar-refractivity contribution in [3.05, 3.63) is 51.5 Å². The molecule has 2 rings (SSSR count). The third kappa shape index (κ3) is 2.81. The number of aromatic hydroxyl groups is 1. The van der Waals surface area contributed by atoms with Gasteiger partial charge in [0.15, 0.2) is 5.75 Å². The Morgan fingerprint density at radius 3 is 2.35 bits per heavy atom. The molecule has 0 heterocycles. The topological polar surface area (TPSA) is 66.8 Å². The normalized spacial score (nSPS) is 10.3. The van der Waals surface area contributed by atoms with Crippen molar-refractivity contribution in [3.8, 4) is 17.2 Å². The average molecular weight is 313 g/mol. The Balaban J connectivity index is 2.52. The summed E-state index contributed by atoms with van der Waals surface area (Å²) in [6.45, 7) is 1.67. The minimum Gasteiger partial charge on any atom is -0.508 e. The lowest BCUT2D eigenvalue weighted by Gasteiger charge is -2.13. The quantitative estimate of drug-likeness (QED) is 0.875. The lowest BCUT2D eigenvalue weighted by molar-refractivity contribution is 0.0694. The molecule has 0 saturated heterocycles. The molecule has 4 nitrogen and oxygen atoms in total. The second-order valence-electron chi connectivity index (χ2n) is 4.08. The van der Waals surface area contributed by atoms with E-state index in [1.807, 2.05) is 0 Å². The predicted octanol–water partition coefficient (Wildman–Crippen LogP) is 4.50. The molecule has 0 saturated carbocycles. The van der Waals surface area contributed by atoms with Gasteiger partial charge in [0.2, 0.25) is 0 Å². The van der Waals surface area contributed by atoms with Gasteiger partial charge in [-0.2, -0.15) is 0 Å². The zero-order chi connectivity index (χ0) is 14.9. The first-order valence-electron chi connectivity index (χ1n) is 5.59. The van der Waals surface area contributed by atoms with Crippen LogP contribution >= 0.6 is 23.2 Å². The summed E-state index contributed by atoms with van der Waals surface area (Å²) in [5, 5.41) is 18.8. The first-order valence-corrected chi connectivity index (χ1v) is 6.34. The van der Waals surface area contributed by atoms with Gasteiger partial charge in [0.05, 0.1) is 5.02 Å². The molecule has 0 amide bonds. The summed E-state index contributed by atoms with van der Waals surface area (Å²) in [5.74, 6) is -0.738. The van der Waals surface area contributed by atoms with Crippen LogP contribution in [0.2, 0.25) is 10.0 Å². The maximum absolute atomic E-state index is 11.2. The number of carbonyl (C=O) groups is 1. The number of carboxylic acids is 1. The number of aromatic carboxylic acids is 1. The summed E-state index contributed by atoms with van der Waals surface area (Å²) in [6.07, 6.45) is 0. The van der Waals surface area contributed by atoms with E-state index < -0.39 is 5.97 Å². The summed E-state index contributed by atoms with van der Waals surface area (Å²) in [4.78, 5) is 11.2. The Kier molecular flexibility index (Phi) is 4.06. The fraction of sp³-hybridized carbons (Fsp3) is 0.0714. The van der Waals surface area contributed by atoms with E-state index in [2.05, 4.69) is 0 Å². The highest BCUT2D eigenvalue weighted by Gasteiger charge is 2.20. The Morgan fingerprint density at radius 2 is 1.80 bits per heavy atom. The molecule has 0 fully saturated rings. The molecule has 0 spiro atoms. The summed E-state index contributed by atoms with van der Waals surface area (Å²) in [5.41, 5.74) is 0.408. The Morgan fingerprint density at radius 1 is 1.20 bits per heavy atom. The Bertz CT molecular complexity index is 666. The maximum atomic E-state index is 11.2. The van der Waals surface area contributed by atoms with Gasteiger partial charge < -0.3 is 14.9 Å². The molecule has 0 bridgehead atoms. The number of carboxylic acid groups (broad SMARTS) is 1. The lowest BCUT2D eigenvalue weighted by Crippen LogP contribution is -2.02. The van der Waals surface area contributed by atoms with Crippen LogP contribution in [-0.4, -0.2) is 16.2 Å². The minimum absolute atomic E-state index is 0.0201. The molecule has 0 aliphatic heterocycles. The van der Waals surface area contributed by atoms with Crippen LogP contribution in [0.5, 0.6) is 17.2 Å². The number of halogens is 2. The van der Waals surface area contributed by atoms with E-state index in [0.29, 0.717) is 11.3 Å². The van der Waals surface area contributed by atoms with Crippen LogP contribution in [0, 0.1) is 6.92 Å². The van der Waals surface area contributed by atoms with Crippen molar-refractivity contribution in [2.75, 3.05) is 0 Å². The highest BCUT2D eigenvalue weighted by Crippen LogP contribution is 2.39. The van der Waals surface area contributed by atoms with Gasteiger partial charge in [0.25, 0.3) is 0 Å². The van der Waals surface area contributed by atoms with Crippen LogP contribution < -0.4 is 4.74 Å². The number of hydrogen-bond acceptors (Lipinski definition) is 3. The second-order valence-corrected chi connectivity index (χ2v) is 4.86. The predicted molar refractivity (Wildman–Crippen MR) is 76.3 cm³/mol. The van der Waals surface area contributed by atoms with E-state index in [4.69, 9.17) is 27.9 Å². The number of rotatable bonds is 3. The molecule has 0 atom stereocenters. The Labute approximate surface area is 125 Å². The van der Waals surface area contributed by atoms with E-state index in [1.165, 1.54) is 30.3 Å². The van der Waals surface area contributed by atoms with Crippen molar-refractivity contribution in [2.45, 2.75) is 6.92 Å². The first-order chi connectivity index (χ1) is 9.40. The van der Waals surface area contributed by atoms with Gasteiger partial charge in [-0.1, -0.05) is 23.2 Å². The fourth-order valence-electron chi connectivity index (χ4n) is 1.58. The summed E-state index contributed by atoms with van der Waals surface area (Å²) in [7, 11) is 0. The first kappa shape index (κ1) is 14.5. The smallest absolute Gasteiger partial charge is 0.339 e. The molecule has 20 heavy (non-hydrogen) atoms. The van der Waals surface area contributed by atoms with Crippen molar-refractivity contribution < 1.29 is 19.7 Å². The Hall–Kier alpha value is -1.91. The van der Waals surface area contributed by atoms with Crippen molar-refractivity contribution in [3.63, 3.8) is 0 Å².